The third-order valence-corrected chi connectivity index (χ3v) is 2.81. The molecule has 0 atom stereocenters. The predicted octanol–water partition coefficient (Wildman–Crippen LogP) is 1.42. The van der Waals surface area contributed by atoms with E-state index in [9.17, 15) is 0 Å². The van der Waals surface area contributed by atoms with E-state index < -0.39 is 0 Å². The van der Waals surface area contributed by atoms with Gasteiger partial charge in [-0.15, -0.1) is 0 Å². The van der Waals surface area contributed by atoms with Crippen LogP contribution in [-0.2, 0) is 20.2 Å². The molecule has 0 radical (unpaired) electrons. The first-order valence-corrected chi connectivity index (χ1v) is 5.91. The van der Waals surface area contributed by atoms with Crippen LogP contribution in [0.15, 0.2) is 24.5 Å². The Kier molecular flexibility index (Phi) is 3.94. The van der Waals surface area contributed by atoms with Crippen molar-refractivity contribution in [1.29, 1.82) is 0 Å². The summed E-state index contributed by atoms with van der Waals surface area (Å²) in [5.74, 6) is 1.74. The zero-order valence-corrected chi connectivity index (χ0v) is 11.0. The zero-order valence-electron chi connectivity index (χ0n) is 11.0. The minimum absolute atomic E-state index is 0.429. The Balaban J connectivity index is 2.15. The summed E-state index contributed by atoms with van der Waals surface area (Å²) in [6, 6.07) is 6.15. The van der Waals surface area contributed by atoms with Gasteiger partial charge in [0.15, 0.2) is 5.82 Å². The van der Waals surface area contributed by atoms with Gasteiger partial charge >= 0.3 is 0 Å². The molecule has 0 fully saturated rings. The van der Waals surface area contributed by atoms with Gasteiger partial charge in [0.1, 0.15) is 18.7 Å². The summed E-state index contributed by atoms with van der Waals surface area (Å²) in [5.41, 5.74) is 2.28. The molecule has 1 N–H and O–H groups in total. The molecule has 5 heteroatoms. The van der Waals surface area contributed by atoms with Crippen LogP contribution in [0, 0.1) is 6.92 Å². The van der Waals surface area contributed by atoms with Crippen LogP contribution in [0.1, 0.15) is 17.0 Å². The van der Waals surface area contributed by atoms with Gasteiger partial charge in [0, 0.05) is 19.2 Å². The fourth-order valence-electron chi connectivity index (χ4n) is 1.84. The second kappa shape index (κ2) is 5.64. The lowest BCUT2D eigenvalue weighted by Gasteiger charge is -2.13. The van der Waals surface area contributed by atoms with E-state index in [2.05, 4.69) is 21.5 Å². The van der Waals surface area contributed by atoms with Crippen LogP contribution in [0.5, 0.6) is 5.75 Å². The van der Waals surface area contributed by atoms with Gasteiger partial charge < -0.3 is 10.1 Å². The minimum atomic E-state index is 0.429. The monoisotopic (exact) mass is 246 g/mol. The van der Waals surface area contributed by atoms with Crippen LogP contribution < -0.4 is 10.1 Å². The molecule has 0 aliphatic rings. The number of para-hydroxylation sites is 1. The van der Waals surface area contributed by atoms with Crippen molar-refractivity contribution in [1.82, 2.24) is 20.1 Å². The highest BCUT2D eigenvalue weighted by molar-refractivity contribution is 5.40. The number of rotatable bonds is 5. The van der Waals surface area contributed by atoms with Gasteiger partial charge in [-0.25, -0.2) is 4.98 Å². The Labute approximate surface area is 107 Å². The molecule has 96 valence electrons. The van der Waals surface area contributed by atoms with Crippen molar-refractivity contribution in [3.05, 3.63) is 41.5 Å². The average Bonchev–Trinajstić information content (AvgIpc) is 2.75. The summed E-state index contributed by atoms with van der Waals surface area (Å²) in [5, 5.41) is 7.17. The Bertz CT molecular complexity index is 521. The van der Waals surface area contributed by atoms with Crippen LogP contribution in [-0.4, -0.2) is 21.8 Å². The lowest BCUT2D eigenvalue weighted by Crippen LogP contribution is -2.10. The number of hydrogen-bond donors (Lipinski definition) is 1. The molecule has 0 saturated carbocycles. The first-order chi connectivity index (χ1) is 8.72. The van der Waals surface area contributed by atoms with E-state index >= 15 is 0 Å². The number of hydrogen-bond acceptors (Lipinski definition) is 4. The average molecular weight is 246 g/mol. The topological polar surface area (TPSA) is 52.0 Å². The highest BCUT2D eigenvalue weighted by atomic mass is 16.5. The van der Waals surface area contributed by atoms with Gasteiger partial charge in [0.05, 0.1) is 0 Å². The van der Waals surface area contributed by atoms with E-state index in [0.29, 0.717) is 6.61 Å². The summed E-state index contributed by atoms with van der Waals surface area (Å²) in [4.78, 5) is 4.15. The highest BCUT2D eigenvalue weighted by Crippen LogP contribution is 2.24. The van der Waals surface area contributed by atoms with Crippen molar-refractivity contribution in [3.63, 3.8) is 0 Å². The van der Waals surface area contributed by atoms with Gasteiger partial charge in [-0.05, 0) is 19.5 Å². The summed E-state index contributed by atoms with van der Waals surface area (Å²) in [6.45, 7) is 3.26. The van der Waals surface area contributed by atoms with Gasteiger partial charge in [-0.3, -0.25) is 4.68 Å². The first kappa shape index (κ1) is 12.6. The van der Waals surface area contributed by atoms with E-state index in [-0.39, 0.29) is 0 Å². The summed E-state index contributed by atoms with van der Waals surface area (Å²) >= 11 is 0. The molecule has 1 aromatic carbocycles. The maximum atomic E-state index is 5.88. The van der Waals surface area contributed by atoms with Crippen LogP contribution >= 0.6 is 0 Å². The van der Waals surface area contributed by atoms with E-state index in [1.807, 2.05) is 33.2 Å². The lowest BCUT2D eigenvalue weighted by molar-refractivity contribution is 0.284. The Morgan fingerprint density at radius 2 is 2.22 bits per heavy atom. The lowest BCUT2D eigenvalue weighted by atomic mass is 10.1. The van der Waals surface area contributed by atoms with E-state index in [0.717, 1.165) is 29.2 Å². The number of nitrogens with one attached hydrogen (secondary N) is 1. The molecule has 0 aliphatic carbocycles. The molecule has 0 amide bonds. The molecule has 1 aromatic heterocycles. The summed E-state index contributed by atoms with van der Waals surface area (Å²) in [7, 11) is 3.78. The molecule has 0 saturated heterocycles. The van der Waals surface area contributed by atoms with Crippen molar-refractivity contribution >= 4 is 0 Å². The molecular formula is C13H18N4O. The largest absolute Gasteiger partial charge is 0.485 e. The molecule has 2 rings (SSSR count). The smallest absolute Gasteiger partial charge is 0.164 e. The van der Waals surface area contributed by atoms with Gasteiger partial charge in [0.25, 0.3) is 0 Å². The van der Waals surface area contributed by atoms with Gasteiger partial charge in [-0.1, -0.05) is 18.2 Å². The zero-order chi connectivity index (χ0) is 13.0. The maximum absolute atomic E-state index is 5.88. The summed E-state index contributed by atoms with van der Waals surface area (Å²) < 4.78 is 7.60. The molecule has 2 aromatic rings. The number of nitrogens with zero attached hydrogens (tertiary/aromatic N) is 3. The number of aromatic nitrogens is 3. The maximum Gasteiger partial charge on any atom is 0.164 e. The molecule has 1 heterocycles. The van der Waals surface area contributed by atoms with Crippen LogP contribution in [0.4, 0.5) is 0 Å². The second-order valence-corrected chi connectivity index (χ2v) is 4.18. The molecule has 0 spiro atoms. The standard InChI is InChI=1S/C13H18N4O/c1-10-5-4-6-11(7-14-2)13(10)18-8-12-15-9-16-17(12)3/h4-6,9,14H,7-8H2,1-3H3. The van der Waals surface area contributed by atoms with Crippen molar-refractivity contribution < 1.29 is 4.74 Å². The Morgan fingerprint density at radius 3 is 2.89 bits per heavy atom. The molecule has 0 bridgehead atoms. The van der Waals surface area contributed by atoms with Crippen LogP contribution in [0.25, 0.3) is 0 Å². The van der Waals surface area contributed by atoms with Crippen molar-refractivity contribution in [2.45, 2.75) is 20.1 Å². The fraction of sp³-hybridized carbons (Fsp3) is 0.385. The van der Waals surface area contributed by atoms with Crippen molar-refractivity contribution in [3.8, 4) is 5.75 Å². The number of benzene rings is 1. The SMILES string of the molecule is CNCc1cccc(C)c1OCc1ncnn1C. The van der Waals surface area contributed by atoms with E-state index in [4.69, 9.17) is 4.74 Å². The van der Waals surface area contributed by atoms with Crippen molar-refractivity contribution in [2.24, 2.45) is 7.05 Å². The molecule has 18 heavy (non-hydrogen) atoms. The molecule has 0 unspecified atom stereocenters. The number of ether oxygens (including phenoxy) is 1. The molecular weight excluding hydrogens is 228 g/mol. The number of aryl methyl sites for hydroxylation is 2. The third-order valence-electron chi connectivity index (χ3n) is 2.81. The second-order valence-electron chi connectivity index (χ2n) is 4.18. The predicted molar refractivity (Wildman–Crippen MR) is 69.3 cm³/mol. The van der Waals surface area contributed by atoms with Crippen LogP contribution in [0.2, 0.25) is 0 Å². The fourth-order valence-corrected chi connectivity index (χ4v) is 1.84. The molecule has 5 nitrogen and oxygen atoms in total. The van der Waals surface area contributed by atoms with Crippen LogP contribution in [0.3, 0.4) is 0 Å². The molecule has 0 aliphatic heterocycles. The quantitative estimate of drug-likeness (QED) is 0.867. The Morgan fingerprint density at radius 1 is 1.39 bits per heavy atom. The summed E-state index contributed by atoms with van der Waals surface area (Å²) in [6.07, 6.45) is 1.53. The Hall–Kier alpha value is -1.88. The minimum Gasteiger partial charge on any atom is -0.485 e. The van der Waals surface area contributed by atoms with Crippen molar-refractivity contribution in [2.75, 3.05) is 7.05 Å². The van der Waals surface area contributed by atoms with E-state index in [1.54, 1.807) is 4.68 Å². The highest BCUT2D eigenvalue weighted by Gasteiger charge is 2.08. The third kappa shape index (κ3) is 2.68. The van der Waals surface area contributed by atoms with Gasteiger partial charge in [0.2, 0.25) is 0 Å². The first-order valence-electron chi connectivity index (χ1n) is 5.91. The van der Waals surface area contributed by atoms with E-state index in [1.165, 1.54) is 6.33 Å². The normalized spacial score (nSPS) is 10.6. The van der Waals surface area contributed by atoms with Gasteiger partial charge in [-0.2, -0.15) is 5.10 Å².